The molecule has 1 aliphatic rings. The van der Waals surface area contributed by atoms with Gasteiger partial charge in [-0.2, -0.15) is 0 Å². The zero-order valence-electron chi connectivity index (χ0n) is 14.0. The second-order valence-corrected chi connectivity index (χ2v) is 6.42. The number of carboxylic acid groups (broad SMARTS) is 1. The Labute approximate surface area is 136 Å². The number of nitrogens with zero attached hydrogens (tertiary/aromatic N) is 2. The van der Waals surface area contributed by atoms with Gasteiger partial charge in [0, 0.05) is 22.6 Å². The molecule has 1 N–H and O–H groups in total. The normalized spacial score (nSPS) is 16.8. The molecule has 5 heteroatoms. The maximum Gasteiger partial charge on any atom is 0.307 e. The Kier molecular flexibility index (Phi) is 4.31. The summed E-state index contributed by atoms with van der Waals surface area (Å²) in [6.45, 7) is 4.20. The monoisotopic (exact) mass is 316 g/mol. The molecule has 0 saturated carbocycles. The fourth-order valence-electron chi connectivity index (χ4n) is 3.71. The molecule has 0 bridgehead atoms. The summed E-state index contributed by atoms with van der Waals surface area (Å²) in [5, 5.41) is 10.3. The van der Waals surface area contributed by atoms with Crippen molar-refractivity contribution in [2.45, 2.75) is 32.2 Å². The average Bonchev–Trinajstić information content (AvgIpc) is 2.80. The van der Waals surface area contributed by atoms with Gasteiger partial charge in [-0.05, 0) is 63.7 Å². The summed E-state index contributed by atoms with van der Waals surface area (Å²) in [4.78, 5) is 13.6. The van der Waals surface area contributed by atoms with Crippen molar-refractivity contribution in [1.82, 2.24) is 9.47 Å². The number of rotatable bonds is 4. The van der Waals surface area contributed by atoms with Crippen LogP contribution in [-0.2, 0) is 11.2 Å². The van der Waals surface area contributed by atoms with E-state index < -0.39 is 5.97 Å². The molecule has 1 aromatic carbocycles. The molecule has 0 spiro atoms. The summed E-state index contributed by atoms with van der Waals surface area (Å²) in [5.41, 5.74) is 3.10. The van der Waals surface area contributed by atoms with E-state index in [1.807, 2.05) is 19.1 Å². The Hall–Kier alpha value is -2.01. The number of methoxy groups -OCH3 is 1. The SMILES string of the molecule is COc1ccc2c(c1)c(CC(=O)O)c(C)n2C1CCN(C)CC1. The predicted octanol–water partition coefficient (Wildman–Crippen LogP) is 2.85. The summed E-state index contributed by atoms with van der Waals surface area (Å²) >= 11 is 0. The van der Waals surface area contributed by atoms with E-state index in [1.165, 1.54) is 0 Å². The van der Waals surface area contributed by atoms with Crippen LogP contribution in [0, 0.1) is 6.92 Å². The molecular formula is C18H24N2O3. The highest BCUT2D eigenvalue weighted by molar-refractivity contribution is 5.90. The molecule has 124 valence electrons. The number of aliphatic carboxylic acids is 1. The van der Waals surface area contributed by atoms with Gasteiger partial charge in [0.25, 0.3) is 0 Å². The maximum atomic E-state index is 11.3. The predicted molar refractivity (Wildman–Crippen MR) is 90.3 cm³/mol. The number of hydrogen-bond donors (Lipinski definition) is 1. The Morgan fingerprint density at radius 2 is 2.04 bits per heavy atom. The van der Waals surface area contributed by atoms with Crippen LogP contribution in [0.1, 0.15) is 30.1 Å². The summed E-state index contributed by atoms with van der Waals surface area (Å²) in [6, 6.07) is 6.42. The third kappa shape index (κ3) is 2.93. The highest BCUT2D eigenvalue weighted by atomic mass is 16.5. The van der Waals surface area contributed by atoms with Crippen LogP contribution in [0.3, 0.4) is 0 Å². The molecular weight excluding hydrogens is 292 g/mol. The number of carboxylic acids is 1. The van der Waals surface area contributed by atoms with Crippen molar-refractivity contribution < 1.29 is 14.6 Å². The second kappa shape index (κ2) is 6.24. The Bertz CT molecular complexity index is 727. The van der Waals surface area contributed by atoms with Gasteiger partial charge in [0.15, 0.2) is 0 Å². The minimum absolute atomic E-state index is 0.0507. The minimum Gasteiger partial charge on any atom is -0.497 e. The van der Waals surface area contributed by atoms with E-state index in [-0.39, 0.29) is 6.42 Å². The molecule has 0 radical (unpaired) electrons. The van der Waals surface area contributed by atoms with E-state index in [2.05, 4.69) is 22.6 Å². The van der Waals surface area contributed by atoms with Crippen molar-refractivity contribution in [2.75, 3.05) is 27.2 Å². The number of benzene rings is 1. The molecule has 1 aromatic heterocycles. The number of carbonyl (C=O) groups is 1. The van der Waals surface area contributed by atoms with Gasteiger partial charge >= 0.3 is 5.97 Å². The summed E-state index contributed by atoms with van der Waals surface area (Å²) in [6.07, 6.45) is 2.24. The first-order chi connectivity index (χ1) is 11.0. The highest BCUT2D eigenvalue weighted by Crippen LogP contribution is 2.35. The fraction of sp³-hybridized carbons (Fsp3) is 0.500. The quantitative estimate of drug-likeness (QED) is 0.942. The van der Waals surface area contributed by atoms with E-state index in [4.69, 9.17) is 4.74 Å². The molecule has 23 heavy (non-hydrogen) atoms. The van der Waals surface area contributed by atoms with Crippen LogP contribution in [-0.4, -0.2) is 47.8 Å². The lowest BCUT2D eigenvalue weighted by Crippen LogP contribution is -2.31. The number of piperidine rings is 1. The van der Waals surface area contributed by atoms with Crippen LogP contribution in [0.5, 0.6) is 5.75 Å². The second-order valence-electron chi connectivity index (χ2n) is 6.42. The van der Waals surface area contributed by atoms with Crippen LogP contribution in [0.25, 0.3) is 10.9 Å². The first-order valence-electron chi connectivity index (χ1n) is 8.09. The molecule has 0 amide bonds. The molecule has 0 atom stereocenters. The molecule has 2 heterocycles. The lowest BCUT2D eigenvalue weighted by molar-refractivity contribution is -0.136. The molecule has 2 aromatic rings. The standard InChI is InChI=1S/C18H24N2O3/c1-12-15(11-18(21)22)16-10-14(23-3)4-5-17(16)20(12)13-6-8-19(2)9-7-13/h4-5,10,13H,6-9,11H2,1-3H3,(H,21,22). The highest BCUT2D eigenvalue weighted by Gasteiger charge is 2.24. The van der Waals surface area contributed by atoms with Gasteiger partial charge in [0.1, 0.15) is 5.75 Å². The summed E-state index contributed by atoms with van der Waals surface area (Å²) < 4.78 is 7.67. The topological polar surface area (TPSA) is 54.7 Å². The Balaban J connectivity index is 2.13. The number of fused-ring (bicyclic) bond motifs is 1. The van der Waals surface area contributed by atoms with E-state index in [9.17, 15) is 9.90 Å². The first-order valence-corrected chi connectivity index (χ1v) is 8.09. The van der Waals surface area contributed by atoms with Gasteiger partial charge in [0.2, 0.25) is 0 Å². The molecule has 0 unspecified atom stereocenters. The molecule has 1 fully saturated rings. The number of ether oxygens (including phenoxy) is 1. The van der Waals surface area contributed by atoms with Crippen LogP contribution in [0.2, 0.25) is 0 Å². The lowest BCUT2D eigenvalue weighted by Gasteiger charge is -2.31. The van der Waals surface area contributed by atoms with Crippen LogP contribution in [0.15, 0.2) is 18.2 Å². The summed E-state index contributed by atoms with van der Waals surface area (Å²) in [7, 11) is 3.79. The third-order valence-corrected chi connectivity index (χ3v) is 4.97. The van der Waals surface area contributed by atoms with Crippen LogP contribution >= 0.6 is 0 Å². The average molecular weight is 316 g/mol. The van der Waals surface area contributed by atoms with E-state index >= 15 is 0 Å². The van der Waals surface area contributed by atoms with Crippen molar-refractivity contribution in [2.24, 2.45) is 0 Å². The smallest absolute Gasteiger partial charge is 0.307 e. The largest absolute Gasteiger partial charge is 0.497 e. The van der Waals surface area contributed by atoms with Gasteiger partial charge in [-0.15, -0.1) is 0 Å². The number of hydrogen-bond acceptors (Lipinski definition) is 3. The van der Waals surface area contributed by atoms with Gasteiger partial charge in [-0.3, -0.25) is 4.79 Å². The van der Waals surface area contributed by atoms with Crippen molar-refractivity contribution in [3.05, 3.63) is 29.5 Å². The lowest BCUT2D eigenvalue weighted by atomic mass is 10.0. The Morgan fingerprint density at radius 1 is 1.35 bits per heavy atom. The van der Waals surface area contributed by atoms with E-state index in [1.54, 1.807) is 7.11 Å². The number of likely N-dealkylation sites (tertiary alicyclic amines) is 1. The molecule has 1 aliphatic heterocycles. The molecule has 3 rings (SSSR count). The van der Waals surface area contributed by atoms with Gasteiger partial charge in [-0.25, -0.2) is 0 Å². The van der Waals surface area contributed by atoms with Gasteiger partial charge < -0.3 is 19.3 Å². The van der Waals surface area contributed by atoms with Crippen molar-refractivity contribution in [1.29, 1.82) is 0 Å². The van der Waals surface area contributed by atoms with Crippen LogP contribution in [0.4, 0.5) is 0 Å². The Morgan fingerprint density at radius 3 is 2.65 bits per heavy atom. The maximum absolute atomic E-state index is 11.3. The third-order valence-electron chi connectivity index (χ3n) is 4.97. The van der Waals surface area contributed by atoms with Gasteiger partial charge in [0.05, 0.1) is 13.5 Å². The van der Waals surface area contributed by atoms with E-state index in [0.717, 1.165) is 53.8 Å². The molecule has 0 aliphatic carbocycles. The zero-order valence-corrected chi connectivity index (χ0v) is 14.0. The van der Waals surface area contributed by atoms with Gasteiger partial charge in [-0.1, -0.05) is 0 Å². The molecule has 1 saturated heterocycles. The van der Waals surface area contributed by atoms with E-state index in [0.29, 0.717) is 6.04 Å². The molecule has 5 nitrogen and oxygen atoms in total. The van der Waals surface area contributed by atoms with Crippen LogP contribution < -0.4 is 4.74 Å². The first kappa shape index (κ1) is 15.9. The summed E-state index contributed by atoms with van der Waals surface area (Å²) in [5.74, 6) is -0.0250. The minimum atomic E-state index is -0.793. The fourth-order valence-corrected chi connectivity index (χ4v) is 3.71. The zero-order chi connectivity index (χ0) is 16.6. The van der Waals surface area contributed by atoms with Crippen molar-refractivity contribution in [3.8, 4) is 5.75 Å². The van der Waals surface area contributed by atoms with Crippen molar-refractivity contribution >= 4 is 16.9 Å². The van der Waals surface area contributed by atoms with Crippen molar-refractivity contribution in [3.63, 3.8) is 0 Å². The number of aromatic nitrogens is 1.